The number of carbonyl (C=O) groups is 1. The molecule has 5 heterocycles. The third-order valence-electron chi connectivity index (χ3n) is 7.09. The molecular formula is C24H25N7OS. The summed E-state index contributed by atoms with van der Waals surface area (Å²) in [5, 5.41) is 12.9. The quantitative estimate of drug-likeness (QED) is 0.486. The van der Waals surface area contributed by atoms with Gasteiger partial charge in [0.05, 0.1) is 28.7 Å². The maximum atomic E-state index is 14.0. The number of thiazole rings is 1. The Kier molecular flexibility index (Phi) is 4.86. The zero-order chi connectivity index (χ0) is 22.5. The van der Waals surface area contributed by atoms with E-state index in [2.05, 4.69) is 38.4 Å². The molecule has 33 heavy (non-hydrogen) atoms. The van der Waals surface area contributed by atoms with Crippen molar-refractivity contribution in [3.63, 3.8) is 0 Å². The summed E-state index contributed by atoms with van der Waals surface area (Å²) >= 11 is 1.65. The molecule has 2 bridgehead atoms. The lowest BCUT2D eigenvalue weighted by Gasteiger charge is -2.57. The van der Waals surface area contributed by atoms with E-state index in [1.54, 1.807) is 23.7 Å². The normalized spacial score (nSPS) is 24.0. The summed E-state index contributed by atoms with van der Waals surface area (Å²) in [6.07, 6.45) is 5.34. The van der Waals surface area contributed by atoms with Crippen LogP contribution in [-0.4, -0.2) is 54.4 Å². The van der Waals surface area contributed by atoms with Crippen LogP contribution in [0.1, 0.15) is 35.9 Å². The Hall–Kier alpha value is -3.33. The van der Waals surface area contributed by atoms with Crippen LogP contribution in [0.15, 0.2) is 48.8 Å². The topological polar surface area (TPSA) is 88.8 Å². The molecule has 1 aromatic carbocycles. The van der Waals surface area contributed by atoms with E-state index >= 15 is 0 Å². The number of hydrogen-bond acceptors (Lipinski definition) is 7. The van der Waals surface area contributed by atoms with E-state index < -0.39 is 0 Å². The summed E-state index contributed by atoms with van der Waals surface area (Å²) in [7, 11) is 0. The van der Waals surface area contributed by atoms with Crippen LogP contribution < -0.4 is 5.32 Å². The van der Waals surface area contributed by atoms with E-state index in [-0.39, 0.29) is 18.0 Å². The van der Waals surface area contributed by atoms with Crippen molar-refractivity contribution >= 4 is 32.6 Å². The van der Waals surface area contributed by atoms with Crippen molar-refractivity contribution in [3.8, 4) is 5.69 Å². The fourth-order valence-corrected chi connectivity index (χ4v) is 6.07. The molecule has 4 aromatic rings. The van der Waals surface area contributed by atoms with Crippen LogP contribution in [0.5, 0.6) is 0 Å². The second kappa shape index (κ2) is 7.91. The molecule has 1 aliphatic carbocycles. The second-order valence-electron chi connectivity index (χ2n) is 9.03. The number of nitrogens with one attached hydrogen (secondary N) is 1. The van der Waals surface area contributed by atoms with Crippen molar-refractivity contribution in [1.29, 1.82) is 0 Å². The van der Waals surface area contributed by atoms with Crippen LogP contribution in [0.4, 0.5) is 5.13 Å². The molecule has 3 aromatic heterocycles. The number of nitrogens with zero attached hydrogens (tertiary/aromatic N) is 6. The molecule has 1 saturated carbocycles. The minimum atomic E-state index is -0.0444. The van der Waals surface area contributed by atoms with Crippen LogP contribution in [0.2, 0.25) is 0 Å². The molecule has 2 unspecified atom stereocenters. The first-order valence-corrected chi connectivity index (χ1v) is 12.2. The van der Waals surface area contributed by atoms with Crippen LogP contribution in [0.3, 0.4) is 0 Å². The summed E-state index contributed by atoms with van der Waals surface area (Å²) < 4.78 is 1.16. The number of amides is 1. The maximum Gasteiger partial charge on any atom is 0.275 e. The van der Waals surface area contributed by atoms with Gasteiger partial charge in [-0.15, -0.1) is 4.80 Å². The van der Waals surface area contributed by atoms with E-state index in [4.69, 9.17) is 4.98 Å². The van der Waals surface area contributed by atoms with Gasteiger partial charge in [-0.25, -0.2) is 9.97 Å². The standard InChI is InChI=1S/C24H25N7OS/c1-14-7-8-19(31-26-9-10-27-31)22(28-14)23(32)30-17-11-16(12-17)15(2)20(30)13-25-24-29-18-5-3-4-6-21(18)33-24/h3-10,15-17,20H,11-13H2,1-2H3,(H,25,29). The number of aryl methyl sites for hydroxylation is 1. The summed E-state index contributed by atoms with van der Waals surface area (Å²) in [5.74, 6) is 1.02. The zero-order valence-electron chi connectivity index (χ0n) is 18.5. The minimum Gasteiger partial charge on any atom is -0.359 e. The van der Waals surface area contributed by atoms with Gasteiger partial charge in [-0.1, -0.05) is 30.4 Å². The van der Waals surface area contributed by atoms with Crippen molar-refractivity contribution < 1.29 is 4.79 Å². The van der Waals surface area contributed by atoms with Gasteiger partial charge >= 0.3 is 0 Å². The molecule has 2 saturated heterocycles. The van der Waals surface area contributed by atoms with E-state index in [0.29, 0.717) is 29.8 Å². The molecule has 2 atom stereocenters. The van der Waals surface area contributed by atoms with Gasteiger partial charge < -0.3 is 10.2 Å². The predicted octanol–water partition coefficient (Wildman–Crippen LogP) is 3.93. The van der Waals surface area contributed by atoms with Gasteiger partial charge in [0.1, 0.15) is 5.69 Å². The number of piperidine rings is 2. The lowest BCUT2D eigenvalue weighted by atomic mass is 9.64. The average Bonchev–Trinajstić information content (AvgIpc) is 3.46. The Balaban J connectivity index is 1.31. The third kappa shape index (κ3) is 3.47. The molecule has 7 rings (SSSR count). The smallest absolute Gasteiger partial charge is 0.275 e. The van der Waals surface area contributed by atoms with Crippen molar-refractivity contribution in [3.05, 3.63) is 60.2 Å². The SMILES string of the molecule is Cc1ccc(-n2nccn2)c(C(=O)N2C3CC(C3)C(C)C2CNc2nc3ccccc3s2)n1. The highest BCUT2D eigenvalue weighted by Gasteiger charge is 2.51. The molecule has 9 heteroatoms. The average molecular weight is 460 g/mol. The number of fused-ring (bicyclic) bond motifs is 3. The maximum absolute atomic E-state index is 14.0. The third-order valence-corrected chi connectivity index (χ3v) is 8.09. The van der Waals surface area contributed by atoms with E-state index in [1.165, 1.54) is 4.80 Å². The molecule has 3 fully saturated rings. The fourth-order valence-electron chi connectivity index (χ4n) is 5.20. The summed E-state index contributed by atoms with van der Waals surface area (Å²) in [6.45, 7) is 4.84. The molecule has 2 aliphatic heterocycles. The van der Waals surface area contributed by atoms with Gasteiger partial charge in [0.2, 0.25) is 0 Å². The number of hydrogen-bond donors (Lipinski definition) is 1. The monoisotopic (exact) mass is 459 g/mol. The van der Waals surface area contributed by atoms with Crippen molar-refractivity contribution in [1.82, 2.24) is 29.9 Å². The van der Waals surface area contributed by atoms with Crippen LogP contribution >= 0.6 is 11.3 Å². The van der Waals surface area contributed by atoms with Crippen molar-refractivity contribution in [2.24, 2.45) is 11.8 Å². The Morgan fingerprint density at radius 2 is 1.91 bits per heavy atom. The molecule has 1 N–H and O–H groups in total. The predicted molar refractivity (Wildman–Crippen MR) is 128 cm³/mol. The van der Waals surface area contributed by atoms with Gasteiger partial charge in [0.15, 0.2) is 10.8 Å². The highest BCUT2D eigenvalue weighted by molar-refractivity contribution is 7.22. The Bertz CT molecular complexity index is 1280. The molecular weight excluding hydrogens is 434 g/mol. The Morgan fingerprint density at radius 3 is 2.70 bits per heavy atom. The summed E-state index contributed by atoms with van der Waals surface area (Å²) in [4.78, 5) is 26.9. The van der Waals surface area contributed by atoms with Crippen LogP contribution in [-0.2, 0) is 0 Å². The van der Waals surface area contributed by atoms with Gasteiger partial charge in [-0.2, -0.15) is 10.2 Å². The van der Waals surface area contributed by atoms with E-state index in [1.807, 2.05) is 37.3 Å². The number of pyridine rings is 1. The lowest BCUT2D eigenvalue weighted by Crippen LogP contribution is -2.64. The van der Waals surface area contributed by atoms with Crippen molar-refractivity contribution in [2.45, 2.75) is 38.8 Å². The van der Waals surface area contributed by atoms with Crippen LogP contribution in [0, 0.1) is 18.8 Å². The highest BCUT2D eigenvalue weighted by Crippen LogP contribution is 2.47. The first-order valence-electron chi connectivity index (χ1n) is 11.3. The number of carbonyl (C=O) groups excluding carboxylic acids is 1. The fraction of sp³-hybridized carbons (Fsp3) is 0.375. The van der Waals surface area contributed by atoms with E-state index in [0.717, 1.165) is 33.9 Å². The number of rotatable bonds is 5. The largest absolute Gasteiger partial charge is 0.359 e. The number of para-hydroxylation sites is 1. The van der Waals surface area contributed by atoms with E-state index in [9.17, 15) is 4.79 Å². The van der Waals surface area contributed by atoms with Gasteiger partial charge in [0.25, 0.3) is 5.91 Å². The van der Waals surface area contributed by atoms with Crippen molar-refractivity contribution in [2.75, 3.05) is 11.9 Å². The molecule has 3 aliphatic rings. The summed E-state index contributed by atoms with van der Waals surface area (Å²) in [5.41, 5.74) is 2.82. The highest BCUT2D eigenvalue weighted by atomic mass is 32.1. The molecule has 0 spiro atoms. The molecule has 1 amide bonds. The Morgan fingerprint density at radius 1 is 1.12 bits per heavy atom. The number of anilines is 1. The first-order chi connectivity index (χ1) is 16.1. The van der Waals surface area contributed by atoms with Gasteiger partial charge in [-0.3, -0.25) is 4.79 Å². The first kappa shape index (κ1) is 20.3. The molecule has 168 valence electrons. The summed E-state index contributed by atoms with van der Waals surface area (Å²) in [6, 6.07) is 12.2. The Labute approximate surface area is 195 Å². The minimum absolute atomic E-state index is 0.0444. The number of aromatic nitrogens is 5. The lowest BCUT2D eigenvalue weighted by molar-refractivity contribution is -0.0505. The zero-order valence-corrected chi connectivity index (χ0v) is 19.4. The second-order valence-corrected chi connectivity index (χ2v) is 10.1. The van der Waals surface area contributed by atoms with Crippen LogP contribution in [0.25, 0.3) is 15.9 Å². The van der Waals surface area contributed by atoms with Gasteiger partial charge in [0, 0.05) is 18.3 Å². The number of benzene rings is 1. The molecule has 0 radical (unpaired) electrons. The molecule has 8 nitrogen and oxygen atoms in total. The van der Waals surface area contributed by atoms with Gasteiger partial charge in [-0.05, 0) is 55.9 Å².